The molecule has 5 unspecified atom stereocenters. The zero-order valence-corrected chi connectivity index (χ0v) is 14.5. The Morgan fingerprint density at radius 1 is 0.952 bits per heavy atom. The molecule has 0 heterocycles. The molecule has 0 aliphatic heterocycles. The molecular weight excluding hydrogens is 254 g/mol. The highest BCUT2D eigenvalue weighted by atomic mass is 14.8. The smallest absolute Gasteiger partial charge is 0.0125 e. The highest BCUT2D eigenvalue weighted by Gasteiger charge is 2.62. The van der Waals surface area contributed by atoms with Crippen molar-refractivity contribution in [1.82, 2.24) is 0 Å². The Hall–Kier alpha value is -0.0400. The van der Waals surface area contributed by atoms with E-state index in [1.54, 1.807) is 0 Å². The fraction of sp³-hybridized carbons (Fsp3) is 1.00. The van der Waals surface area contributed by atoms with Gasteiger partial charge in [-0.25, -0.2) is 0 Å². The maximum Gasteiger partial charge on any atom is 0.0125 e. The molecule has 5 rings (SSSR count). The van der Waals surface area contributed by atoms with Gasteiger partial charge in [0.1, 0.15) is 0 Å². The van der Waals surface area contributed by atoms with Crippen molar-refractivity contribution in [1.29, 1.82) is 0 Å². The minimum Gasteiger partial charge on any atom is -0.327 e. The number of hydrogen-bond acceptors (Lipinski definition) is 1. The van der Waals surface area contributed by atoms with Gasteiger partial charge in [-0.2, -0.15) is 0 Å². The third kappa shape index (κ3) is 2.30. The first-order valence-electron chi connectivity index (χ1n) is 9.57. The van der Waals surface area contributed by atoms with Crippen molar-refractivity contribution in [2.45, 2.75) is 91.0 Å². The fourth-order valence-corrected chi connectivity index (χ4v) is 8.21. The minimum atomic E-state index is 0.488. The second-order valence-electron chi connectivity index (χ2n) is 10.6. The van der Waals surface area contributed by atoms with E-state index in [0.717, 1.165) is 17.8 Å². The van der Waals surface area contributed by atoms with E-state index >= 15 is 0 Å². The second kappa shape index (κ2) is 4.49. The van der Waals surface area contributed by atoms with Crippen molar-refractivity contribution in [3.8, 4) is 0 Å². The number of hydrogen-bond donors (Lipinski definition) is 1. The van der Waals surface area contributed by atoms with E-state index in [1.807, 2.05) is 0 Å². The molecule has 5 fully saturated rings. The number of rotatable bonds is 2. The average Bonchev–Trinajstić information content (AvgIpc) is 2.33. The van der Waals surface area contributed by atoms with E-state index in [1.165, 1.54) is 64.2 Å². The normalized spacial score (nSPS) is 57.4. The maximum absolute atomic E-state index is 7.03. The molecule has 4 bridgehead atoms. The molecule has 0 spiro atoms. The van der Waals surface area contributed by atoms with Gasteiger partial charge in [-0.1, -0.05) is 33.6 Å². The van der Waals surface area contributed by atoms with E-state index in [0.29, 0.717) is 22.3 Å². The average molecular weight is 290 g/mol. The molecule has 120 valence electrons. The molecule has 5 aliphatic carbocycles. The Morgan fingerprint density at radius 2 is 1.62 bits per heavy atom. The van der Waals surface area contributed by atoms with Crippen LogP contribution in [-0.4, -0.2) is 6.04 Å². The molecule has 0 aromatic rings. The summed E-state index contributed by atoms with van der Waals surface area (Å²) in [7, 11) is 0. The molecule has 5 aliphatic rings. The first-order valence-corrected chi connectivity index (χ1v) is 9.57. The molecule has 0 aromatic heterocycles. The largest absolute Gasteiger partial charge is 0.327 e. The van der Waals surface area contributed by atoms with Gasteiger partial charge in [0, 0.05) is 6.04 Å². The molecule has 1 heteroatoms. The van der Waals surface area contributed by atoms with Crippen LogP contribution < -0.4 is 5.73 Å². The third-order valence-electron chi connectivity index (χ3n) is 7.86. The Bertz CT molecular complexity index is 410. The van der Waals surface area contributed by atoms with Crippen LogP contribution in [0.4, 0.5) is 0 Å². The van der Waals surface area contributed by atoms with E-state index in [9.17, 15) is 0 Å². The van der Waals surface area contributed by atoms with Crippen LogP contribution in [0.5, 0.6) is 0 Å². The van der Waals surface area contributed by atoms with E-state index in [-0.39, 0.29) is 0 Å². The summed E-state index contributed by atoms with van der Waals surface area (Å²) in [4.78, 5) is 0. The van der Waals surface area contributed by atoms with Crippen molar-refractivity contribution in [2.24, 2.45) is 39.7 Å². The molecule has 2 N–H and O–H groups in total. The molecule has 0 aromatic carbocycles. The van der Waals surface area contributed by atoms with Crippen LogP contribution in [-0.2, 0) is 0 Å². The zero-order chi connectivity index (χ0) is 14.9. The van der Waals surface area contributed by atoms with Crippen LogP contribution in [0.25, 0.3) is 0 Å². The van der Waals surface area contributed by atoms with Gasteiger partial charge in [0.05, 0.1) is 0 Å². The van der Waals surface area contributed by atoms with Crippen molar-refractivity contribution < 1.29 is 0 Å². The van der Waals surface area contributed by atoms with E-state index in [4.69, 9.17) is 5.73 Å². The fourth-order valence-electron chi connectivity index (χ4n) is 8.21. The SMILES string of the molecule is CC1CCCC(C(N)C23CC4CC(C)(CC(C)(C4)C2)C3)C1. The molecule has 0 amide bonds. The summed E-state index contributed by atoms with van der Waals surface area (Å²) in [5, 5.41) is 0. The van der Waals surface area contributed by atoms with Crippen LogP contribution in [0.1, 0.15) is 85.0 Å². The molecule has 21 heavy (non-hydrogen) atoms. The van der Waals surface area contributed by atoms with Crippen LogP contribution in [0.15, 0.2) is 0 Å². The molecule has 5 saturated carbocycles. The van der Waals surface area contributed by atoms with E-state index in [2.05, 4.69) is 20.8 Å². The van der Waals surface area contributed by atoms with Gasteiger partial charge in [0.2, 0.25) is 0 Å². The topological polar surface area (TPSA) is 26.0 Å². The minimum absolute atomic E-state index is 0.488. The lowest BCUT2D eigenvalue weighted by Gasteiger charge is -2.67. The maximum atomic E-state index is 7.03. The van der Waals surface area contributed by atoms with Crippen molar-refractivity contribution >= 4 is 0 Å². The van der Waals surface area contributed by atoms with Gasteiger partial charge in [0.15, 0.2) is 0 Å². The summed E-state index contributed by atoms with van der Waals surface area (Å²) >= 11 is 0. The van der Waals surface area contributed by atoms with Crippen LogP contribution in [0, 0.1) is 34.0 Å². The van der Waals surface area contributed by atoms with Gasteiger partial charge >= 0.3 is 0 Å². The summed E-state index contributed by atoms with van der Waals surface area (Å²) in [5.41, 5.74) is 8.77. The Balaban J connectivity index is 1.61. The highest BCUT2D eigenvalue weighted by molar-refractivity contribution is 5.14. The van der Waals surface area contributed by atoms with Gasteiger partial charge in [-0.3, -0.25) is 0 Å². The predicted octanol–water partition coefficient (Wildman–Crippen LogP) is 5.14. The van der Waals surface area contributed by atoms with Crippen molar-refractivity contribution in [2.75, 3.05) is 0 Å². The lowest BCUT2D eigenvalue weighted by Crippen LogP contribution is -2.62. The van der Waals surface area contributed by atoms with Gasteiger partial charge in [-0.05, 0) is 85.4 Å². The highest BCUT2D eigenvalue weighted by Crippen LogP contribution is 2.70. The number of nitrogens with two attached hydrogens (primary N) is 1. The summed E-state index contributed by atoms with van der Waals surface area (Å²) < 4.78 is 0. The van der Waals surface area contributed by atoms with Crippen LogP contribution in [0.3, 0.4) is 0 Å². The van der Waals surface area contributed by atoms with E-state index < -0.39 is 0 Å². The van der Waals surface area contributed by atoms with Crippen LogP contribution in [0.2, 0.25) is 0 Å². The van der Waals surface area contributed by atoms with Crippen molar-refractivity contribution in [3.05, 3.63) is 0 Å². The monoisotopic (exact) mass is 289 g/mol. The predicted molar refractivity (Wildman–Crippen MR) is 88.9 cm³/mol. The molecular formula is C20H35N. The first-order chi connectivity index (χ1) is 9.82. The lowest BCUT2D eigenvalue weighted by atomic mass is 9.38. The van der Waals surface area contributed by atoms with Crippen molar-refractivity contribution in [3.63, 3.8) is 0 Å². The van der Waals surface area contributed by atoms with Gasteiger partial charge in [0.25, 0.3) is 0 Å². The molecule has 0 saturated heterocycles. The van der Waals surface area contributed by atoms with Gasteiger partial charge in [-0.15, -0.1) is 0 Å². The molecule has 5 atom stereocenters. The Kier molecular flexibility index (Phi) is 3.11. The third-order valence-corrected chi connectivity index (χ3v) is 7.86. The summed E-state index contributed by atoms with van der Waals surface area (Å²) in [6, 6.07) is 0.488. The standard InChI is InChI=1S/C20H35N/c1-14-5-4-6-16(7-14)17(21)20-10-15-8-18(2,12-20)11-19(3,9-15)13-20/h14-17H,4-13,21H2,1-3H3. The molecule has 1 nitrogen and oxygen atoms in total. The summed E-state index contributed by atoms with van der Waals surface area (Å²) in [6.07, 6.45) is 14.5. The molecule has 0 radical (unpaired) electrons. The Morgan fingerprint density at radius 3 is 2.19 bits per heavy atom. The first kappa shape index (κ1) is 14.5. The Labute approximate surface area is 131 Å². The quantitative estimate of drug-likeness (QED) is 0.748. The second-order valence-corrected chi connectivity index (χ2v) is 10.6. The summed E-state index contributed by atoms with van der Waals surface area (Å²) in [5.74, 6) is 2.72. The van der Waals surface area contributed by atoms with Gasteiger partial charge < -0.3 is 5.73 Å². The lowest BCUT2D eigenvalue weighted by molar-refractivity contribution is -0.161. The van der Waals surface area contributed by atoms with Crippen LogP contribution >= 0.6 is 0 Å². The zero-order valence-electron chi connectivity index (χ0n) is 14.5. The summed E-state index contributed by atoms with van der Waals surface area (Å²) in [6.45, 7) is 7.61.